The van der Waals surface area contributed by atoms with Crippen LogP contribution in [0.3, 0.4) is 0 Å². The van der Waals surface area contributed by atoms with Crippen LogP contribution in [0.4, 0.5) is 11.9 Å². The van der Waals surface area contributed by atoms with Crippen LogP contribution in [0.15, 0.2) is 4.79 Å². The highest BCUT2D eigenvalue weighted by Gasteiger charge is 2.27. The van der Waals surface area contributed by atoms with E-state index in [0.717, 1.165) is 13.0 Å². The average Bonchev–Trinajstić information content (AvgIpc) is 3.12. The van der Waals surface area contributed by atoms with E-state index in [1.165, 1.54) is 11.6 Å². The van der Waals surface area contributed by atoms with Gasteiger partial charge in [0.1, 0.15) is 0 Å². The number of rotatable bonds is 2. The molecule has 1 saturated heterocycles. The van der Waals surface area contributed by atoms with Gasteiger partial charge >= 0.3 is 11.5 Å². The molecule has 9 heteroatoms. The van der Waals surface area contributed by atoms with E-state index in [1.807, 2.05) is 4.90 Å². The first-order valence-electron chi connectivity index (χ1n) is 7.31. The van der Waals surface area contributed by atoms with E-state index in [9.17, 15) is 4.79 Å². The van der Waals surface area contributed by atoms with Gasteiger partial charge in [-0.15, -0.1) is 29.9 Å². The minimum absolute atomic E-state index is 0. The molecule has 0 aromatic carbocycles. The first kappa shape index (κ1) is 17.8. The van der Waals surface area contributed by atoms with Gasteiger partial charge in [-0.1, -0.05) is 5.92 Å². The van der Waals surface area contributed by atoms with Crippen molar-refractivity contribution in [2.75, 3.05) is 18.0 Å². The Balaban J connectivity index is 0.00000208. The molecule has 0 bridgehead atoms. The van der Waals surface area contributed by atoms with Crippen molar-refractivity contribution < 1.29 is 0 Å². The SMILES string of the molecule is Cl.[C-]#[N+]c1nc2nc(N3CCC(N)C3)n(CC#CC)c2c(=O)n1C. The van der Waals surface area contributed by atoms with E-state index in [4.69, 9.17) is 12.3 Å². The highest BCUT2D eigenvalue weighted by molar-refractivity contribution is 5.85. The molecule has 0 radical (unpaired) electrons. The molecule has 8 nitrogen and oxygen atoms in total. The summed E-state index contributed by atoms with van der Waals surface area (Å²) in [6.45, 7) is 10.7. The molecule has 1 atom stereocenters. The van der Waals surface area contributed by atoms with E-state index in [-0.39, 0.29) is 35.6 Å². The smallest absolute Gasteiger partial charge is 0.343 e. The summed E-state index contributed by atoms with van der Waals surface area (Å²) in [5, 5.41) is 0. The summed E-state index contributed by atoms with van der Waals surface area (Å²) in [6, 6.07) is 0.0927. The largest absolute Gasteiger partial charge is 0.396 e. The number of halogens is 1. The fraction of sp³-hybridized carbons (Fsp3) is 0.467. The van der Waals surface area contributed by atoms with Gasteiger partial charge in [-0.05, 0) is 13.3 Å². The number of nitrogens with two attached hydrogens (primary N) is 1. The minimum Gasteiger partial charge on any atom is -0.396 e. The molecule has 1 aliphatic rings. The van der Waals surface area contributed by atoms with Crippen LogP contribution in [0, 0.1) is 18.4 Å². The van der Waals surface area contributed by atoms with Crippen LogP contribution in [-0.2, 0) is 13.6 Å². The van der Waals surface area contributed by atoms with Crippen molar-refractivity contribution >= 4 is 35.5 Å². The minimum atomic E-state index is -0.291. The van der Waals surface area contributed by atoms with E-state index in [1.54, 1.807) is 11.5 Å². The van der Waals surface area contributed by atoms with Crippen LogP contribution in [0.25, 0.3) is 16.0 Å². The Morgan fingerprint density at radius 1 is 1.46 bits per heavy atom. The van der Waals surface area contributed by atoms with E-state index < -0.39 is 0 Å². The molecular formula is C15H18ClN7O. The van der Waals surface area contributed by atoms with Gasteiger partial charge < -0.3 is 15.5 Å². The molecule has 2 N–H and O–H groups in total. The standard InChI is InChI=1S/C15H17N7O.ClH/c1-4-5-7-22-11-12(18-14(17-2)20(3)13(11)23)19-15(22)21-8-6-10(16)9-21;/h10H,6-9,16H2,1,3H3;1H. The maximum atomic E-state index is 12.6. The zero-order valence-electron chi connectivity index (χ0n) is 13.5. The predicted molar refractivity (Wildman–Crippen MR) is 94.5 cm³/mol. The Bertz CT molecular complexity index is 928. The number of imidazole rings is 1. The Labute approximate surface area is 145 Å². The van der Waals surface area contributed by atoms with Crippen molar-refractivity contribution in [1.82, 2.24) is 19.1 Å². The molecule has 0 spiro atoms. The molecule has 2 aromatic rings. The number of anilines is 1. The molecule has 0 saturated carbocycles. The molecule has 1 fully saturated rings. The fourth-order valence-electron chi connectivity index (χ4n) is 2.76. The maximum Gasteiger partial charge on any atom is 0.343 e. The molecule has 126 valence electrons. The molecule has 1 aliphatic heterocycles. The first-order chi connectivity index (χ1) is 11.1. The Kier molecular flexibility index (Phi) is 5.13. The van der Waals surface area contributed by atoms with Crippen LogP contribution >= 0.6 is 12.4 Å². The lowest BCUT2D eigenvalue weighted by molar-refractivity contribution is 0.744. The summed E-state index contributed by atoms with van der Waals surface area (Å²) in [4.78, 5) is 26.6. The molecule has 1 unspecified atom stereocenters. The van der Waals surface area contributed by atoms with Gasteiger partial charge in [0.25, 0.3) is 0 Å². The van der Waals surface area contributed by atoms with Crippen molar-refractivity contribution in [2.45, 2.75) is 25.9 Å². The predicted octanol–water partition coefficient (Wildman–Crippen LogP) is 0.663. The van der Waals surface area contributed by atoms with E-state index in [0.29, 0.717) is 24.6 Å². The lowest BCUT2D eigenvalue weighted by Gasteiger charge is -2.17. The fourth-order valence-corrected chi connectivity index (χ4v) is 2.76. The highest BCUT2D eigenvalue weighted by Crippen LogP contribution is 2.23. The van der Waals surface area contributed by atoms with Crippen LogP contribution in [0.2, 0.25) is 0 Å². The summed E-state index contributed by atoms with van der Waals surface area (Å²) < 4.78 is 3.01. The van der Waals surface area contributed by atoms with Crippen LogP contribution in [0.5, 0.6) is 0 Å². The van der Waals surface area contributed by atoms with Gasteiger partial charge in [0.05, 0.1) is 6.54 Å². The zero-order valence-corrected chi connectivity index (χ0v) is 14.3. The molecule has 3 heterocycles. The van der Waals surface area contributed by atoms with Gasteiger partial charge in [0, 0.05) is 26.2 Å². The summed E-state index contributed by atoms with van der Waals surface area (Å²) in [5.41, 5.74) is 6.35. The summed E-state index contributed by atoms with van der Waals surface area (Å²) in [6.07, 6.45) is 0.876. The Morgan fingerprint density at radius 2 is 2.21 bits per heavy atom. The lowest BCUT2D eigenvalue weighted by Crippen LogP contribution is -2.29. The third-order valence-electron chi connectivity index (χ3n) is 3.96. The molecular weight excluding hydrogens is 330 g/mol. The summed E-state index contributed by atoms with van der Waals surface area (Å²) >= 11 is 0. The maximum absolute atomic E-state index is 12.6. The third-order valence-corrected chi connectivity index (χ3v) is 3.96. The number of fused-ring (bicyclic) bond motifs is 1. The molecule has 2 aromatic heterocycles. The van der Waals surface area contributed by atoms with Crippen molar-refractivity contribution in [3.63, 3.8) is 0 Å². The molecule has 3 rings (SSSR count). The van der Waals surface area contributed by atoms with Crippen LogP contribution in [0.1, 0.15) is 13.3 Å². The van der Waals surface area contributed by atoms with Gasteiger partial charge in [-0.3, -0.25) is 9.13 Å². The number of nitrogens with zero attached hydrogens (tertiary/aromatic N) is 6. The Morgan fingerprint density at radius 3 is 2.79 bits per heavy atom. The monoisotopic (exact) mass is 347 g/mol. The van der Waals surface area contributed by atoms with Crippen molar-refractivity contribution in [3.05, 3.63) is 21.8 Å². The van der Waals surface area contributed by atoms with Gasteiger partial charge in [0.2, 0.25) is 11.6 Å². The van der Waals surface area contributed by atoms with Gasteiger partial charge in [-0.25, -0.2) is 4.79 Å². The summed E-state index contributed by atoms with van der Waals surface area (Å²) in [7, 11) is 1.54. The lowest BCUT2D eigenvalue weighted by atomic mass is 10.3. The Hall–Kier alpha value is -2.55. The zero-order chi connectivity index (χ0) is 16.6. The number of hydrogen-bond donors (Lipinski definition) is 1. The highest BCUT2D eigenvalue weighted by atomic mass is 35.5. The average molecular weight is 348 g/mol. The van der Waals surface area contributed by atoms with E-state index >= 15 is 0 Å². The normalized spacial score (nSPS) is 16.4. The number of aromatic nitrogens is 4. The molecule has 0 amide bonds. The van der Waals surface area contributed by atoms with Crippen LogP contribution in [-0.4, -0.2) is 38.2 Å². The van der Waals surface area contributed by atoms with E-state index in [2.05, 4.69) is 26.7 Å². The number of hydrogen-bond acceptors (Lipinski definition) is 5. The van der Waals surface area contributed by atoms with Crippen LogP contribution < -0.4 is 16.2 Å². The topological polar surface area (TPSA) is 86.3 Å². The first-order valence-corrected chi connectivity index (χ1v) is 7.31. The van der Waals surface area contributed by atoms with Crippen molar-refractivity contribution in [1.29, 1.82) is 0 Å². The van der Waals surface area contributed by atoms with Gasteiger partial charge in [-0.2, -0.15) is 4.98 Å². The quantitative estimate of drug-likeness (QED) is 0.637. The second-order valence-corrected chi connectivity index (χ2v) is 5.48. The summed E-state index contributed by atoms with van der Waals surface area (Å²) in [5.74, 6) is 6.47. The second-order valence-electron chi connectivity index (χ2n) is 5.48. The molecule has 0 aliphatic carbocycles. The molecule has 24 heavy (non-hydrogen) atoms. The van der Waals surface area contributed by atoms with Gasteiger partial charge in [0.15, 0.2) is 5.52 Å². The third kappa shape index (κ3) is 2.82. The van der Waals surface area contributed by atoms with Crippen molar-refractivity contribution in [2.24, 2.45) is 12.8 Å². The second kappa shape index (κ2) is 6.91. The van der Waals surface area contributed by atoms with Crippen molar-refractivity contribution in [3.8, 4) is 11.8 Å².